The number of nitrogens with zero attached hydrogens (tertiary/aromatic N) is 1. The minimum Gasteiger partial charge on any atom is -0.462 e. The first kappa shape index (κ1) is 12.9. The Morgan fingerprint density at radius 2 is 2.11 bits per heavy atom. The Hall–Kier alpha value is -1.59. The molecule has 0 bridgehead atoms. The Bertz CT molecular complexity index is 539. The van der Waals surface area contributed by atoms with Crippen LogP contribution >= 0.6 is 22.9 Å². The van der Waals surface area contributed by atoms with Crippen molar-refractivity contribution in [2.45, 2.75) is 6.92 Å². The summed E-state index contributed by atoms with van der Waals surface area (Å²) in [5, 5.41) is 1.02. The minimum atomic E-state index is -0.388. The van der Waals surface area contributed by atoms with Crippen molar-refractivity contribution < 1.29 is 14.3 Å². The maximum atomic E-state index is 11.4. The number of esters is 1. The number of aromatic nitrogens is 1. The summed E-state index contributed by atoms with van der Waals surface area (Å²) >= 11 is 6.90. The Kier molecular flexibility index (Phi) is 4.17. The predicted molar refractivity (Wildman–Crippen MR) is 69.6 cm³/mol. The number of carbonyl (C=O) groups is 1. The number of halogens is 1. The van der Waals surface area contributed by atoms with Gasteiger partial charge >= 0.3 is 5.97 Å². The van der Waals surface area contributed by atoms with E-state index in [9.17, 15) is 4.79 Å². The molecule has 1 aromatic carbocycles. The largest absolute Gasteiger partial charge is 0.462 e. The highest BCUT2D eigenvalue weighted by Crippen LogP contribution is 2.27. The first-order chi connectivity index (χ1) is 8.69. The van der Waals surface area contributed by atoms with E-state index in [1.165, 1.54) is 6.20 Å². The Labute approximate surface area is 113 Å². The monoisotopic (exact) mass is 283 g/mol. The van der Waals surface area contributed by atoms with Gasteiger partial charge in [-0.2, -0.15) is 0 Å². The van der Waals surface area contributed by atoms with E-state index < -0.39 is 0 Å². The van der Waals surface area contributed by atoms with Crippen LogP contribution in [0.5, 0.6) is 10.9 Å². The molecule has 0 fully saturated rings. The van der Waals surface area contributed by atoms with E-state index in [-0.39, 0.29) is 5.97 Å². The van der Waals surface area contributed by atoms with Gasteiger partial charge in [0.2, 0.25) is 0 Å². The van der Waals surface area contributed by atoms with Gasteiger partial charge in [0.05, 0.1) is 12.8 Å². The third-order valence-corrected chi connectivity index (χ3v) is 3.09. The quantitative estimate of drug-likeness (QED) is 0.802. The van der Waals surface area contributed by atoms with E-state index in [1.54, 1.807) is 31.2 Å². The summed E-state index contributed by atoms with van der Waals surface area (Å²) in [6, 6.07) is 6.90. The maximum absolute atomic E-state index is 11.4. The molecule has 4 nitrogen and oxygen atoms in total. The molecule has 1 heterocycles. The number of ether oxygens (including phenoxy) is 2. The van der Waals surface area contributed by atoms with Gasteiger partial charge in [0.25, 0.3) is 5.19 Å². The summed E-state index contributed by atoms with van der Waals surface area (Å²) in [6.07, 6.45) is 1.44. The van der Waals surface area contributed by atoms with Crippen LogP contribution in [0.4, 0.5) is 0 Å². The highest BCUT2D eigenvalue weighted by atomic mass is 35.5. The van der Waals surface area contributed by atoms with Crippen LogP contribution in [0.2, 0.25) is 5.02 Å². The molecular formula is C12H10ClNO3S. The van der Waals surface area contributed by atoms with E-state index in [0.29, 0.717) is 27.4 Å². The van der Waals surface area contributed by atoms with Gasteiger partial charge in [0.1, 0.15) is 10.6 Å². The highest BCUT2D eigenvalue weighted by molar-refractivity contribution is 7.15. The molecule has 2 aromatic rings. The zero-order chi connectivity index (χ0) is 13.0. The first-order valence-corrected chi connectivity index (χ1v) is 6.45. The lowest BCUT2D eigenvalue weighted by atomic mass is 10.3. The average molecular weight is 284 g/mol. The molecule has 0 atom stereocenters. The van der Waals surface area contributed by atoms with E-state index in [0.717, 1.165) is 11.3 Å². The second-order valence-electron chi connectivity index (χ2n) is 3.27. The molecule has 18 heavy (non-hydrogen) atoms. The van der Waals surface area contributed by atoms with Crippen molar-refractivity contribution in [2.24, 2.45) is 0 Å². The van der Waals surface area contributed by atoms with Crippen LogP contribution in [0.3, 0.4) is 0 Å². The average Bonchev–Trinajstić information content (AvgIpc) is 2.81. The van der Waals surface area contributed by atoms with Crippen molar-refractivity contribution in [2.75, 3.05) is 6.61 Å². The third-order valence-electron chi connectivity index (χ3n) is 1.98. The molecule has 0 N–H and O–H groups in total. The number of hydrogen-bond donors (Lipinski definition) is 0. The van der Waals surface area contributed by atoms with Crippen molar-refractivity contribution in [3.8, 4) is 10.9 Å². The van der Waals surface area contributed by atoms with E-state index in [1.807, 2.05) is 0 Å². The second kappa shape index (κ2) is 5.84. The zero-order valence-corrected chi connectivity index (χ0v) is 11.1. The van der Waals surface area contributed by atoms with Gasteiger partial charge in [-0.15, -0.1) is 0 Å². The molecule has 0 unspecified atom stereocenters. The van der Waals surface area contributed by atoms with E-state index in [4.69, 9.17) is 21.1 Å². The lowest BCUT2D eigenvalue weighted by molar-refractivity contribution is 0.0532. The molecule has 0 aliphatic rings. The zero-order valence-electron chi connectivity index (χ0n) is 9.55. The highest BCUT2D eigenvalue weighted by Gasteiger charge is 2.12. The lowest BCUT2D eigenvalue weighted by Gasteiger charge is -2.00. The van der Waals surface area contributed by atoms with Crippen LogP contribution in [-0.4, -0.2) is 17.6 Å². The summed E-state index contributed by atoms with van der Waals surface area (Å²) in [7, 11) is 0. The molecule has 6 heteroatoms. The van der Waals surface area contributed by atoms with Crippen molar-refractivity contribution in [1.82, 2.24) is 4.98 Å². The Balaban J connectivity index is 2.06. The fraction of sp³-hybridized carbons (Fsp3) is 0.167. The predicted octanol–water partition coefficient (Wildman–Crippen LogP) is 3.77. The molecule has 0 amide bonds. The van der Waals surface area contributed by atoms with Crippen molar-refractivity contribution in [3.63, 3.8) is 0 Å². The maximum Gasteiger partial charge on any atom is 0.350 e. The van der Waals surface area contributed by atoms with Crippen LogP contribution in [0.15, 0.2) is 30.5 Å². The summed E-state index contributed by atoms with van der Waals surface area (Å²) in [4.78, 5) is 15.8. The van der Waals surface area contributed by atoms with Crippen LogP contribution in [-0.2, 0) is 4.74 Å². The van der Waals surface area contributed by atoms with Gasteiger partial charge in [-0.3, -0.25) is 0 Å². The molecule has 0 aliphatic carbocycles. The van der Waals surface area contributed by atoms with Crippen LogP contribution in [0.1, 0.15) is 16.6 Å². The Morgan fingerprint density at radius 3 is 2.78 bits per heavy atom. The number of rotatable bonds is 4. The van der Waals surface area contributed by atoms with Gasteiger partial charge in [-0.25, -0.2) is 9.78 Å². The molecule has 0 saturated heterocycles. The molecule has 0 aliphatic heterocycles. The van der Waals surface area contributed by atoms with Gasteiger partial charge in [0, 0.05) is 5.02 Å². The molecule has 2 rings (SSSR count). The lowest BCUT2D eigenvalue weighted by Crippen LogP contribution is -2.01. The molecule has 0 radical (unpaired) electrons. The summed E-state index contributed by atoms with van der Waals surface area (Å²) in [5.74, 6) is 0.227. The minimum absolute atomic E-state index is 0.337. The smallest absolute Gasteiger partial charge is 0.350 e. The van der Waals surface area contributed by atoms with Gasteiger partial charge < -0.3 is 9.47 Å². The van der Waals surface area contributed by atoms with Crippen LogP contribution < -0.4 is 4.74 Å². The number of benzene rings is 1. The van der Waals surface area contributed by atoms with Crippen molar-refractivity contribution in [3.05, 3.63) is 40.4 Å². The summed E-state index contributed by atoms with van der Waals surface area (Å²) in [6.45, 7) is 2.09. The summed E-state index contributed by atoms with van der Waals surface area (Å²) in [5.41, 5.74) is 0. The number of thiazole rings is 1. The van der Waals surface area contributed by atoms with Crippen molar-refractivity contribution >= 4 is 28.9 Å². The number of hydrogen-bond acceptors (Lipinski definition) is 5. The van der Waals surface area contributed by atoms with Crippen molar-refractivity contribution in [1.29, 1.82) is 0 Å². The fourth-order valence-electron chi connectivity index (χ4n) is 1.21. The topological polar surface area (TPSA) is 48.4 Å². The second-order valence-corrected chi connectivity index (χ2v) is 4.70. The van der Waals surface area contributed by atoms with E-state index >= 15 is 0 Å². The fourth-order valence-corrected chi connectivity index (χ4v) is 2.01. The summed E-state index contributed by atoms with van der Waals surface area (Å²) < 4.78 is 10.3. The first-order valence-electron chi connectivity index (χ1n) is 5.25. The molecule has 0 spiro atoms. The van der Waals surface area contributed by atoms with Crippen LogP contribution in [0.25, 0.3) is 0 Å². The van der Waals surface area contributed by atoms with E-state index in [2.05, 4.69) is 4.98 Å². The molecule has 1 aromatic heterocycles. The molecular weight excluding hydrogens is 274 g/mol. The van der Waals surface area contributed by atoms with Crippen LogP contribution in [0, 0.1) is 0 Å². The van der Waals surface area contributed by atoms with Gasteiger partial charge in [0.15, 0.2) is 0 Å². The molecule has 94 valence electrons. The number of carbonyl (C=O) groups excluding carboxylic acids is 1. The standard InChI is InChI=1S/C12H10ClNO3S/c1-2-16-11(15)10-7-14-12(18-10)17-9-5-3-8(13)4-6-9/h3-7H,2H2,1H3. The van der Waals surface area contributed by atoms with Gasteiger partial charge in [-0.1, -0.05) is 22.9 Å². The van der Waals surface area contributed by atoms with Gasteiger partial charge in [-0.05, 0) is 31.2 Å². The Morgan fingerprint density at radius 1 is 1.39 bits per heavy atom. The SMILES string of the molecule is CCOC(=O)c1cnc(Oc2ccc(Cl)cc2)s1. The third kappa shape index (κ3) is 3.21. The normalized spacial score (nSPS) is 10.1. The molecule has 0 saturated carbocycles.